The van der Waals surface area contributed by atoms with E-state index in [2.05, 4.69) is 70.2 Å². The molecule has 1 aliphatic carbocycles. The van der Waals surface area contributed by atoms with Crippen LogP contribution in [0, 0.1) is 5.41 Å². The van der Waals surface area contributed by atoms with E-state index in [9.17, 15) is 5.21 Å². The number of nitrogens with zero attached hydrogens (tertiary/aromatic N) is 1. The van der Waals surface area contributed by atoms with Gasteiger partial charge in [0.2, 0.25) is 0 Å². The van der Waals surface area contributed by atoms with Crippen molar-refractivity contribution in [2.75, 3.05) is 0 Å². The van der Waals surface area contributed by atoms with Gasteiger partial charge in [-0.2, -0.15) is 4.73 Å². The molecule has 4 rings (SSSR count). The van der Waals surface area contributed by atoms with Gasteiger partial charge in [0.25, 0.3) is 0 Å². The van der Waals surface area contributed by atoms with Gasteiger partial charge in [0.15, 0.2) is 0 Å². The first kappa shape index (κ1) is 16.6. The molecule has 0 saturated carbocycles. The van der Waals surface area contributed by atoms with Crippen LogP contribution in [0.4, 0.5) is 0 Å². The first-order valence-electron chi connectivity index (χ1n) is 8.86. The molecular weight excluding hydrogens is 326 g/mol. The molecule has 0 fully saturated rings. The molecule has 130 valence electrons. The summed E-state index contributed by atoms with van der Waals surface area (Å²) in [5, 5.41) is 12.4. The Labute approximate surface area is 153 Å². The summed E-state index contributed by atoms with van der Waals surface area (Å²) in [5.74, 6) is 0. The Kier molecular flexibility index (Phi) is 3.69. The highest BCUT2D eigenvalue weighted by Gasteiger charge is 2.48. The number of thioether (sulfide) groups is 1. The Morgan fingerprint density at radius 3 is 2.32 bits per heavy atom. The average molecular weight is 352 g/mol. The van der Waals surface area contributed by atoms with Crippen LogP contribution < -0.4 is 0 Å². The normalized spacial score (nSPS) is 21.2. The van der Waals surface area contributed by atoms with Gasteiger partial charge in [0.1, 0.15) is 0 Å². The third kappa shape index (κ3) is 2.56. The second-order valence-corrected chi connectivity index (χ2v) is 9.63. The molecule has 0 unspecified atom stereocenters. The average Bonchev–Trinajstić information content (AvgIpc) is 2.86. The summed E-state index contributed by atoms with van der Waals surface area (Å²) < 4.78 is 1.44. The molecule has 0 spiro atoms. The van der Waals surface area contributed by atoms with Crippen molar-refractivity contribution in [1.82, 2.24) is 4.73 Å². The lowest BCUT2D eigenvalue weighted by Gasteiger charge is -2.46. The van der Waals surface area contributed by atoms with E-state index in [0.717, 1.165) is 17.6 Å². The van der Waals surface area contributed by atoms with Gasteiger partial charge < -0.3 is 5.21 Å². The Morgan fingerprint density at radius 1 is 0.960 bits per heavy atom. The topological polar surface area (TPSA) is 25.2 Å². The minimum atomic E-state index is -0.0691. The van der Waals surface area contributed by atoms with Crippen molar-refractivity contribution in [3.05, 3.63) is 65.9 Å². The minimum absolute atomic E-state index is 0.0691. The fourth-order valence-electron chi connectivity index (χ4n) is 4.72. The lowest BCUT2D eigenvalue weighted by atomic mass is 9.64. The Morgan fingerprint density at radius 2 is 1.60 bits per heavy atom. The minimum Gasteiger partial charge on any atom is -0.428 e. The standard InChI is InChI=1S/C22H25NOS/c1-21(2)14-22(3,4)20(25-15-10-6-5-7-11-15)18-16-12-8-9-13-17(16)23(24)19(18)21/h5-13,20,24H,14H2,1-4H3/t20-/m1/s1. The zero-order valence-electron chi connectivity index (χ0n) is 15.3. The quantitative estimate of drug-likeness (QED) is 0.539. The number of benzene rings is 2. The molecule has 2 nitrogen and oxygen atoms in total. The van der Waals surface area contributed by atoms with E-state index in [1.807, 2.05) is 23.9 Å². The highest BCUT2D eigenvalue weighted by atomic mass is 32.2. The first-order chi connectivity index (χ1) is 11.8. The third-order valence-corrected chi connectivity index (χ3v) is 7.05. The van der Waals surface area contributed by atoms with Crippen LogP contribution >= 0.6 is 11.8 Å². The fraction of sp³-hybridized carbons (Fsp3) is 0.364. The molecule has 0 radical (unpaired) electrons. The maximum Gasteiger partial charge on any atom is 0.0872 e. The van der Waals surface area contributed by atoms with Crippen LogP contribution in [0.5, 0.6) is 0 Å². The van der Waals surface area contributed by atoms with Crippen LogP contribution in [-0.4, -0.2) is 9.94 Å². The summed E-state index contributed by atoms with van der Waals surface area (Å²) in [6, 6.07) is 18.8. The maximum absolute atomic E-state index is 10.9. The van der Waals surface area contributed by atoms with Crippen molar-refractivity contribution < 1.29 is 5.21 Å². The summed E-state index contributed by atoms with van der Waals surface area (Å²) in [5.41, 5.74) is 3.34. The van der Waals surface area contributed by atoms with Crippen LogP contribution in [0.15, 0.2) is 59.5 Å². The lowest BCUT2D eigenvalue weighted by Crippen LogP contribution is -2.38. The summed E-state index contributed by atoms with van der Waals surface area (Å²) >= 11 is 1.92. The number of para-hydroxylation sites is 1. The van der Waals surface area contributed by atoms with Crippen molar-refractivity contribution >= 4 is 22.7 Å². The van der Waals surface area contributed by atoms with Crippen molar-refractivity contribution in [2.24, 2.45) is 5.41 Å². The molecule has 1 atom stereocenters. The first-order valence-corrected chi connectivity index (χ1v) is 9.74. The Bertz CT molecular complexity index is 924. The van der Waals surface area contributed by atoms with Crippen LogP contribution in [0.3, 0.4) is 0 Å². The highest BCUT2D eigenvalue weighted by Crippen LogP contribution is 2.60. The van der Waals surface area contributed by atoms with Crippen LogP contribution in [0.2, 0.25) is 0 Å². The monoisotopic (exact) mass is 351 g/mol. The van der Waals surface area contributed by atoms with Crippen molar-refractivity contribution in [3.63, 3.8) is 0 Å². The number of hydrogen-bond donors (Lipinski definition) is 1. The summed E-state index contributed by atoms with van der Waals surface area (Å²) in [6.45, 7) is 9.23. The van der Waals surface area contributed by atoms with E-state index in [1.54, 1.807) is 0 Å². The van der Waals surface area contributed by atoms with Gasteiger partial charge in [0, 0.05) is 20.9 Å². The summed E-state index contributed by atoms with van der Waals surface area (Å²) in [6.07, 6.45) is 1.04. The highest BCUT2D eigenvalue weighted by molar-refractivity contribution is 7.99. The van der Waals surface area contributed by atoms with E-state index in [1.165, 1.54) is 20.6 Å². The predicted molar refractivity (Wildman–Crippen MR) is 106 cm³/mol. The SMILES string of the molecule is CC1(C)CC(C)(C)[C@H](Sc2ccccc2)c2c1n(O)c1ccccc21. The molecule has 1 N–H and O–H groups in total. The maximum atomic E-state index is 10.9. The molecule has 3 aromatic rings. The van der Waals surface area contributed by atoms with Crippen molar-refractivity contribution in [2.45, 2.75) is 49.7 Å². The zero-order valence-corrected chi connectivity index (χ0v) is 16.1. The molecule has 0 bridgehead atoms. The van der Waals surface area contributed by atoms with Gasteiger partial charge in [-0.05, 0) is 35.6 Å². The number of rotatable bonds is 2. The van der Waals surface area contributed by atoms with Gasteiger partial charge in [0.05, 0.1) is 11.2 Å². The summed E-state index contributed by atoms with van der Waals surface area (Å²) in [4.78, 5) is 1.28. The fourth-order valence-corrected chi connectivity index (χ4v) is 6.07. The lowest BCUT2D eigenvalue weighted by molar-refractivity contribution is 0.147. The van der Waals surface area contributed by atoms with E-state index >= 15 is 0 Å². The molecule has 1 heterocycles. The van der Waals surface area contributed by atoms with E-state index < -0.39 is 0 Å². The molecular formula is C22H25NOS. The number of hydrogen-bond acceptors (Lipinski definition) is 2. The molecule has 1 aliphatic rings. The van der Waals surface area contributed by atoms with Crippen LogP contribution in [0.1, 0.15) is 50.6 Å². The number of aromatic nitrogens is 1. The largest absolute Gasteiger partial charge is 0.428 e. The molecule has 2 aromatic carbocycles. The van der Waals surface area contributed by atoms with Gasteiger partial charge in [-0.3, -0.25) is 0 Å². The summed E-state index contributed by atoms with van der Waals surface area (Å²) in [7, 11) is 0. The van der Waals surface area contributed by atoms with Gasteiger partial charge in [-0.25, -0.2) is 0 Å². The molecule has 1 aromatic heterocycles. The van der Waals surface area contributed by atoms with Crippen molar-refractivity contribution in [3.8, 4) is 0 Å². The van der Waals surface area contributed by atoms with E-state index in [4.69, 9.17) is 0 Å². The van der Waals surface area contributed by atoms with Crippen LogP contribution in [-0.2, 0) is 5.41 Å². The second-order valence-electron chi connectivity index (χ2n) is 8.45. The molecule has 0 saturated heterocycles. The molecule has 0 aliphatic heterocycles. The molecule has 25 heavy (non-hydrogen) atoms. The van der Waals surface area contributed by atoms with Gasteiger partial charge >= 0.3 is 0 Å². The van der Waals surface area contributed by atoms with E-state index in [0.29, 0.717) is 5.25 Å². The van der Waals surface area contributed by atoms with E-state index in [-0.39, 0.29) is 10.8 Å². The zero-order chi connectivity index (χ0) is 17.8. The Balaban J connectivity index is 1.98. The van der Waals surface area contributed by atoms with Crippen LogP contribution in [0.25, 0.3) is 10.9 Å². The van der Waals surface area contributed by atoms with Crippen molar-refractivity contribution in [1.29, 1.82) is 0 Å². The Hall–Kier alpha value is -1.87. The molecule has 3 heteroatoms. The third-order valence-electron chi connectivity index (χ3n) is 5.40. The second kappa shape index (κ2) is 5.57. The van der Waals surface area contributed by atoms with Gasteiger partial charge in [-0.1, -0.05) is 64.1 Å². The smallest absolute Gasteiger partial charge is 0.0872 e. The number of fused-ring (bicyclic) bond motifs is 3. The molecule has 0 amide bonds. The predicted octanol–water partition coefficient (Wildman–Crippen LogP) is 6.42. The van der Waals surface area contributed by atoms with Gasteiger partial charge in [-0.15, -0.1) is 11.8 Å².